The molecule has 0 unspecified atom stereocenters. The van der Waals surface area contributed by atoms with Crippen LogP contribution in [-0.4, -0.2) is 56.9 Å². The highest BCUT2D eigenvalue weighted by Gasteiger charge is 2.40. The Balaban J connectivity index is 0.000000791. The van der Waals surface area contributed by atoms with E-state index in [0.717, 1.165) is 32.3 Å². The van der Waals surface area contributed by atoms with Crippen molar-refractivity contribution >= 4 is 6.29 Å². The monoisotopic (exact) mass is 200 g/mol. The number of nitrogens with zero attached hydrogens (tertiary/aromatic N) is 2. The number of aldehydes is 1. The van der Waals surface area contributed by atoms with Crippen LogP contribution >= 0.6 is 0 Å². The molecule has 0 aromatic carbocycles. The summed E-state index contributed by atoms with van der Waals surface area (Å²) in [6.07, 6.45) is 2.13. The summed E-state index contributed by atoms with van der Waals surface area (Å²) in [5, 5.41) is 0. The third-order valence-electron chi connectivity index (χ3n) is 2.48. The number of rotatable bonds is 4. The van der Waals surface area contributed by atoms with Crippen LogP contribution in [0.2, 0.25) is 0 Å². The quantitative estimate of drug-likeness (QED) is 0.635. The van der Waals surface area contributed by atoms with Gasteiger partial charge in [-0.05, 0) is 34.1 Å². The minimum atomic E-state index is -0.0287. The summed E-state index contributed by atoms with van der Waals surface area (Å²) < 4.78 is 0. The molecule has 0 atom stereocenters. The SMILES string of the molecule is CC.CN(C)CCC1(C=O)CN(C)C1. The molecule has 0 aromatic rings. The average molecular weight is 200 g/mol. The predicted octanol–water partition coefficient (Wildman–Crippen LogP) is 1.09. The molecule has 3 heteroatoms. The Morgan fingerprint density at radius 1 is 1.36 bits per heavy atom. The highest BCUT2D eigenvalue weighted by Crippen LogP contribution is 2.30. The van der Waals surface area contributed by atoms with Gasteiger partial charge in [0.05, 0.1) is 5.41 Å². The Kier molecular flexibility index (Phi) is 5.96. The fraction of sp³-hybridized carbons (Fsp3) is 0.909. The van der Waals surface area contributed by atoms with Crippen molar-refractivity contribution in [2.75, 3.05) is 40.8 Å². The number of hydrogen-bond donors (Lipinski definition) is 0. The van der Waals surface area contributed by atoms with Crippen LogP contribution < -0.4 is 0 Å². The van der Waals surface area contributed by atoms with Crippen LogP contribution in [0.5, 0.6) is 0 Å². The normalized spacial score (nSPS) is 19.6. The summed E-state index contributed by atoms with van der Waals surface area (Å²) in [5.41, 5.74) is -0.0287. The van der Waals surface area contributed by atoms with E-state index in [1.165, 1.54) is 0 Å². The zero-order valence-electron chi connectivity index (χ0n) is 10.2. The van der Waals surface area contributed by atoms with Crippen LogP contribution in [0.25, 0.3) is 0 Å². The Labute approximate surface area is 88.1 Å². The lowest BCUT2D eigenvalue weighted by Crippen LogP contribution is -2.56. The standard InChI is InChI=1S/C9H18N2O.C2H6/c1-10(2)5-4-9(8-12)6-11(3)7-9;1-2/h8H,4-7H2,1-3H3;1-2H3. The molecule has 1 heterocycles. The zero-order valence-corrected chi connectivity index (χ0v) is 10.2. The van der Waals surface area contributed by atoms with Crippen molar-refractivity contribution < 1.29 is 4.79 Å². The lowest BCUT2D eigenvalue weighted by molar-refractivity contribution is -0.125. The number of hydrogen-bond acceptors (Lipinski definition) is 3. The van der Waals surface area contributed by atoms with Crippen molar-refractivity contribution in [2.24, 2.45) is 5.41 Å². The molecule has 14 heavy (non-hydrogen) atoms. The molecule has 0 radical (unpaired) electrons. The summed E-state index contributed by atoms with van der Waals surface area (Å²) >= 11 is 0. The van der Waals surface area contributed by atoms with Gasteiger partial charge in [0.25, 0.3) is 0 Å². The molecule has 0 saturated carbocycles. The van der Waals surface area contributed by atoms with E-state index in [2.05, 4.69) is 16.8 Å². The molecular weight excluding hydrogens is 176 g/mol. The number of carbonyl (C=O) groups excluding carboxylic acids is 1. The molecule has 0 aliphatic carbocycles. The first kappa shape index (κ1) is 13.6. The molecule has 0 amide bonds. The Morgan fingerprint density at radius 2 is 1.86 bits per heavy atom. The smallest absolute Gasteiger partial charge is 0.128 e. The molecule has 1 fully saturated rings. The minimum Gasteiger partial charge on any atom is -0.309 e. The molecule has 0 spiro atoms. The van der Waals surface area contributed by atoms with Crippen molar-refractivity contribution in [1.82, 2.24) is 9.80 Å². The predicted molar refractivity (Wildman–Crippen MR) is 60.5 cm³/mol. The number of likely N-dealkylation sites (tertiary alicyclic amines) is 1. The van der Waals surface area contributed by atoms with Crippen LogP contribution in [-0.2, 0) is 4.79 Å². The van der Waals surface area contributed by atoms with Gasteiger partial charge in [0.15, 0.2) is 0 Å². The summed E-state index contributed by atoms with van der Waals surface area (Å²) in [6.45, 7) is 6.88. The van der Waals surface area contributed by atoms with E-state index in [0.29, 0.717) is 0 Å². The first-order valence-corrected chi connectivity index (χ1v) is 5.38. The molecular formula is C11H24N2O. The molecule has 0 bridgehead atoms. The van der Waals surface area contributed by atoms with Crippen molar-refractivity contribution in [3.05, 3.63) is 0 Å². The van der Waals surface area contributed by atoms with E-state index >= 15 is 0 Å². The Hall–Kier alpha value is -0.410. The molecule has 0 N–H and O–H groups in total. The van der Waals surface area contributed by atoms with Crippen LogP contribution in [0.3, 0.4) is 0 Å². The molecule has 1 rings (SSSR count). The molecule has 84 valence electrons. The summed E-state index contributed by atoms with van der Waals surface area (Å²) in [5.74, 6) is 0. The van der Waals surface area contributed by atoms with E-state index in [9.17, 15) is 4.79 Å². The van der Waals surface area contributed by atoms with Gasteiger partial charge in [-0.15, -0.1) is 0 Å². The van der Waals surface area contributed by atoms with E-state index in [4.69, 9.17) is 0 Å². The third-order valence-corrected chi connectivity index (χ3v) is 2.48. The van der Waals surface area contributed by atoms with Gasteiger partial charge in [0.1, 0.15) is 6.29 Å². The minimum absolute atomic E-state index is 0.0287. The fourth-order valence-corrected chi connectivity index (χ4v) is 1.77. The van der Waals surface area contributed by atoms with E-state index in [1.54, 1.807) is 0 Å². The first-order valence-electron chi connectivity index (χ1n) is 5.38. The second-order valence-electron chi connectivity index (χ2n) is 4.21. The van der Waals surface area contributed by atoms with Crippen molar-refractivity contribution in [1.29, 1.82) is 0 Å². The summed E-state index contributed by atoms with van der Waals surface area (Å²) in [4.78, 5) is 15.1. The highest BCUT2D eigenvalue weighted by molar-refractivity contribution is 5.62. The first-order chi connectivity index (χ1) is 6.58. The molecule has 1 aliphatic rings. The van der Waals surface area contributed by atoms with Crippen LogP contribution in [0.4, 0.5) is 0 Å². The van der Waals surface area contributed by atoms with E-state index < -0.39 is 0 Å². The van der Waals surface area contributed by atoms with E-state index in [-0.39, 0.29) is 5.41 Å². The van der Waals surface area contributed by atoms with Gasteiger partial charge in [-0.1, -0.05) is 13.8 Å². The van der Waals surface area contributed by atoms with Gasteiger partial charge in [0, 0.05) is 13.1 Å². The van der Waals surface area contributed by atoms with Gasteiger partial charge in [-0.3, -0.25) is 0 Å². The molecule has 1 saturated heterocycles. The van der Waals surface area contributed by atoms with Gasteiger partial charge in [-0.25, -0.2) is 0 Å². The number of carbonyl (C=O) groups is 1. The van der Waals surface area contributed by atoms with Crippen molar-refractivity contribution in [3.63, 3.8) is 0 Å². The van der Waals surface area contributed by atoms with Crippen molar-refractivity contribution in [3.8, 4) is 0 Å². The second kappa shape index (κ2) is 6.14. The van der Waals surface area contributed by atoms with Crippen LogP contribution in [0.15, 0.2) is 0 Å². The van der Waals surface area contributed by atoms with Crippen molar-refractivity contribution in [2.45, 2.75) is 20.3 Å². The topological polar surface area (TPSA) is 23.6 Å². The Bertz CT molecular complexity index is 163. The maximum atomic E-state index is 10.8. The fourth-order valence-electron chi connectivity index (χ4n) is 1.77. The average Bonchev–Trinajstić information content (AvgIpc) is 2.13. The molecule has 3 nitrogen and oxygen atoms in total. The maximum Gasteiger partial charge on any atom is 0.128 e. The molecule has 0 aromatic heterocycles. The van der Waals surface area contributed by atoms with E-state index in [1.807, 2.05) is 27.9 Å². The summed E-state index contributed by atoms with van der Waals surface area (Å²) in [7, 11) is 6.14. The van der Waals surface area contributed by atoms with Gasteiger partial charge >= 0.3 is 0 Å². The lowest BCUT2D eigenvalue weighted by Gasteiger charge is -2.45. The van der Waals surface area contributed by atoms with Gasteiger partial charge in [-0.2, -0.15) is 0 Å². The highest BCUT2D eigenvalue weighted by atomic mass is 16.1. The maximum absolute atomic E-state index is 10.8. The largest absolute Gasteiger partial charge is 0.309 e. The second-order valence-corrected chi connectivity index (χ2v) is 4.21. The summed E-state index contributed by atoms with van der Waals surface area (Å²) in [6, 6.07) is 0. The third kappa shape index (κ3) is 3.76. The van der Waals surface area contributed by atoms with Crippen LogP contribution in [0.1, 0.15) is 20.3 Å². The van der Waals surface area contributed by atoms with Gasteiger partial charge < -0.3 is 14.6 Å². The molecule has 1 aliphatic heterocycles. The zero-order chi connectivity index (χ0) is 11.2. The Morgan fingerprint density at radius 3 is 2.14 bits per heavy atom. The van der Waals surface area contributed by atoms with Gasteiger partial charge in [0.2, 0.25) is 0 Å². The lowest BCUT2D eigenvalue weighted by atomic mass is 9.78. The van der Waals surface area contributed by atoms with Crippen LogP contribution in [0, 0.1) is 5.41 Å².